The Morgan fingerprint density at radius 1 is 1.06 bits per heavy atom. The summed E-state index contributed by atoms with van der Waals surface area (Å²) in [4.78, 5) is 16.2. The summed E-state index contributed by atoms with van der Waals surface area (Å²) >= 11 is 5.99. The minimum atomic E-state index is -0.309. The van der Waals surface area contributed by atoms with Crippen LogP contribution in [0.4, 0.5) is 0 Å². The summed E-state index contributed by atoms with van der Waals surface area (Å²) in [6.07, 6.45) is 1.51. The minimum Gasteiger partial charge on any atom is -0.871 e. The molecular formula is C14H7ClNO2-. The van der Waals surface area contributed by atoms with Crippen molar-refractivity contribution in [3.63, 3.8) is 0 Å². The second-order valence-electron chi connectivity index (χ2n) is 3.91. The average molecular weight is 257 g/mol. The number of carbonyl (C=O) groups excluding carboxylic acids is 1. The van der Waals surface area contributed by atoms with E-state index >= 15 is 0 Å². The number of ketones is 1. The minimum absolute atomic E-state index is 0.0572. The first-order chi connectivity index (χ1) is 8.70. The van der Waals surface area contributed by atoms with Crippen LogP contribution in [-0.4, -0.2) is 10.8 Å². The van der Waals surface area contributed by atoms with Crippen molar-refractivity contribution in [1.29, 1.82) is 0 Å². The molecule has 1 aliphatic carbocycles. The summed E-state index contributed by atoms with van der Waals surface area (Å²) in [7, 11) is 0. The fraction of sp³-hybridized carbons (Fsp3) is 0. The van der Waals surface area contributed by atoms with E-state index in [-0.39, 0.29) is 22.8 Å². The first kappa shape index (κ1) is 11.0. The number of nitrogens with zero attached hydrogens (tertiary/aromatic N) is 1. The Morgan fingerprint density at radius 2 is 1.78 bits per heavy atom. The Hall–Kier alpha value is -2.13. The highest BCUT2D eigenvalue weighted by molar-refractivity contribution is 6.42. The lowest BCUT2D eigenvalue weighted by Crippen LogP contribution is -2.05. The maximum Gasteiger partial charge on any atom is 0.195 e. The molecule has 0 atom stereocenters. The van der Waals surface area contributed by atoms with Gasteiger partial charge in [0.2, 0.25) is 0 Å². The lowest BCUT2D eigenvalue weighted by atomic mass is 10.1. The van der Waals surface area contributed by atoms with Gasteiger partial charge in [0.05, 0.1) is 10.7 Å². The number of halogens is 1. The van der Waals surface area contributed by atoms with E-state index in [4.69, 9.17) is 11.6 Å². The van der Waals surface area contributed by atoms with E-state index < -0.39 is 0 Å². The van der Waals surface area contributed by atoms with E-state index in [1.54, 1.807) is 36.4 Å². The van der Waals surface area contributed by atoms with E-state index in [1.807, 2.05) is 0 Å². The summed E-state index contributed by atoms with van der Waals surface area (Å²) in [5, 5.41) is 12.5. The van der Waals surface area contributed by atoms with E-state index in [0.29, 0.717) is 16.1 Å². The van der Waals surface area contributed by atoms with Gasteiger partial charge >= 0.3 is 0 Å². The molecule has 18 heavy (non-hydrogen) atoms. The van der Waals surface area contributed by atoms with Crippen LogP contribution in [-0.2, 0) is 0 Å². The molecule has 0 amide bonds. The summed E-state index contributed by atoms with van der Waals surface area (Å²) in [6.45, 7) is 0. The highest BCUT2D eigenvalue weighted by Crippen LogP contribution is 2.36. The van der Waals surface area contributed by atoms with Crippen molar-refractivity contribution < 1.29 is 9.90 Å². The Balaban J connectivity index is 2.25. The van der Waals surface area contributed by atoms with Gasteiger partial charge in [-0.25, -0.2) is 0 Å². The van der Waals surface area contributed by atoms with E-state index in [1.165, 1.54) is 6.20 Å². The van der Waals surface area contributed by atoms with Crippen LogP contribution in [0.2, 0.25) is 5.02 Å². The molecular weight excluding hydrogens is 250 g/mol. The van der Waals surface area contributed by atoms with Crippen molar-refractivity contribution in [2.75, 3.05) is 0 Å². The number of allylic oxidation sites excluding steroid dienone is 1. The van der Waals surface area contributed by atoms with E-state index in [9.17, 15) is 9.90 Å². The molecule has 3 rings (SSSR count). The van der Waals surface area contributed by atoms with Gasteiger partial charge in [0, 0.05) is 17.3 Å². The van der Waals surface area contributed by atoms with Crippen LogP contribution in [0.5, 0.6) is 0 Å². The molecule has 4 heteroatoms. The van der Waals surface area contributed by atoms with Gasteiger partial charge in [0.25, 0.3) is 0 Å². The summed E-state index contributed by atoms with van der Waals surface area (Å²) < 4.78 is 0. The SMILES string of the molecule is O=C1C(c2ncccc2Cl)=C([O-])c2ccccc21. The smallest absolute Gasteiger partial charge is 0.195 e. The van der Waals surface area contributed by atoms with E-state index in [2.05, 4.69) is 4.98 Å². The molecule has 0 bridgehead atoms. The van der Waals surface area contributed by atoms with Gasteiger partial charge in [-0.05, 0) is 17.7 Å². The number of fused-ring (bicyclic) bond motifs is 1. The summed E-state index contributed by atoms with van der Waals surface area (Å²) in [5.41, 5.74) is 1.14. The molecule has 0 saturated heterocycles. The molecule has 0 aliphatic heterocycles. The first-order valence-electron chi connectivity index (χ1n) is 5.36. The average Bonchev–Trinajstić information content (AvgIpc) is 2.64. The monoisotopic (exact) mass is 256 g/mol. The molecule has 0 unspecified atom stereocenters. The Labute approximate surface area is 108 Å². The fourth-order valence-corrected chi connectivity index (χ4v) is 2.25. The maximum atomic E-state index is 12.2. The quantitative estimate of drug-likeness (QED) is 0.786. The number of carbonyl (C=O) groups is 1. The Bertz CT molecular complexity index is 692. The molecule has 2 aromatic rings. The van der Waals surface area contributed by atoms with Crippen LogP contribution in [0.3, 0.4) is 0 Å². The highest BCUT2D eigenvalue weighted by Gasteiger charge is 2.27. The van der Waals surface area contributed by atoms with Crippen LogP contribution in [0, 0.1) is 0 Å². The standard InChI is InChI=1S/C14H8ClNO2/c15-10-6-3-7-16-12(10)11-13(17)8-4-1-2-5-9(8)14(11)18/h1-7,17H/p-1. The van der Waals surface area contributed by atoms with Crippen molar-refractivity contribution in [2.24, 2.45) is 0 Å². The van der Waals surface area contributed by atoms with Gasteiger partial charge in [0.1, 0.15) is 0 Å². The van der Waals surface area contributed by atoms with Crippen LogP contribution in [0.25, 0.3) is 11.3 Å². The lowest BCUT2D eigenvalue weighted by Gasteiger charge is -2.11. The zero-order valence-electron chi connectivity index (χ0n) is 9.18. The van der Waals surface area contributed by atoms with Gasteiger partial charge in [0.15, 0.2) is 5.78 Å². The largest absolute Gasteiger partial charge is 0.871 e. The van der Waals surface area contributed by atoms with Gasteiger partial charge < -0.3 is 5.11 Å². The number of hydrogen-bond acceptors (Lipinski definition) is 3. The molecule has 1 heterocycles. The molecule has 1 aromatic carbocycles. The zero-order chi connectivity index (χ0) is 12.7. The number of aromatic nitrogens is 1. The van der Waals surface area contributed by atoms with Crippen molar-refractivity contribution in [1.82, 2.24) is 4.98 Å². The van der Waals surface area contributed by atoms with Gasteiger partial charge in [-0.2, -0.15) is 0 Å². The zero-order valence-corrected chi connectivity index (χ0v) is 9.94. The molecule has 0 fully saturated rings. The number of rotatable bonds is 1. The van der Waals surface area contributed by atoms with Crippen molar-refractivity contribution in [2.45, 2.75) is 0 Å². The van der Waals surface area contributed by atoms with Crippen molar-refractivity contribution in [3.05, 3.63) is 64.4 Å². The van der Waals surface area contributed by atoms with Crippen LogP contribution in [0.1, 0.15) is 21.6 Å². The van der Waals surface area contributed by atoms with Gasteiger partial charge in [-0.3, -0.25) is 9.78 Å². The molecule has 0 N–H and O–H groups in total. The summed E-state index contributed by atoms with van der Waals surface area (Å²) in [6, 6.07) is 10.0. The van der Waals surface area contributed by atoms with Gasteiger partial charge in [-0.1, -0.05) is 41.6 Å². The molecule has 1 aromatic heterocycles. The third-order valence-corrected chi connectivity index (χ3v) is 3.17. The predicted molar refractivity (Wildman–Crippen MR) is 66.8 cm³/mol. The van der Waals surface area contributed by atoms with Crippen molar-refractivity contribution in [3.8, 4) is 0 Å². The Morgan fingerprint density at radius 3 is 2.44 bits per heavy atom. The molecule has 0 saturated carbocycles. The Kier molecular flexibility index (Phi) is 2.42. The number of Topliss-reactive ketones (excluding diaryl/α,β-unsaturated/α-hetero) is 1. The second kappa shape index (κ2) is 3.96. The second-order valence-corrected chi connectivity index (χ2v) is 4.32. The maximum absolute atomic E-state index is 12.2. The number of benzene rings is 1. The normalized spacial score (nSPS) is 13.9. The molecule has 3 nitrogen and oxygen atoms in total. The molecule has 0 spiro atoms. The third kappa shape index (κ3) is 1.45. The fourth-order valence-electron chi connectivity index (χ4n) is 2.04. The number of hydrogen-bond donors (Lipinski definition) is 0. The van der Waals surface area contributed by atoms with Crippen LogP contribution < -0.4 is 5.11 Å². The number of pyridine rings is 1. The third-order valence-electron chi connectivity index (χ3n) is 2.87. The molecule has 1 aliphatic rings. The topological polar surface area (TPSA) is 53.0 Å². The predicted octanol–water partition coefficient (Wildman–Crippen LogP) is 2.16. The summed E-state index contributed by atoms with van der Waals surface area (Å²) in [5.74, 6) is -0.618. The first-order valence-corrected chi connectivity index (χ1v) is 5.74. The lowest BCUT2D eigenvalue weighted by molar-refractivity contribution is -0.242. The van der Waals surface area contributed by atoms with Crippen molar-refractivity contribution >= 4 is 28.7 Å². The molecule has 88 valence electrons. The van der Waals surface area contributed by atoms with Gasteiger partial charge in [-0.15, -0.1) is 0 Å². The molecule has 0 radical (unpaired) electrons. The van der Waals surface area contributed by atoms with Crippen LogP contribution in [0.15, 0.2) is 42.6 Å². The highest BCUT2D eigenvalue weighted by atomic mass is 35.5. The van der Waals surface area contributed by atoms with E-state index in [0.717, 1.165) is 0 Å². The van der Waals surface area contributed by atoms with Crippen LogP contribution >= 0.6 is 11.6 Å².